The summed E-state index contributed by atoms with van der Waals surface area (Å²) in [7, 11) is 1.39. The maximum atomic E-state index is 11.6. The molecule has 18 heavy (non-hydrogen) atoms. The topological polar surface area (TPSA) is 95.5 Å². The number of carboxylic acids is 1. The standard InChI is InChI=1S/C11H15N3O4/c1-6-3-14(4-7(6)11(16)17)9-8(18-2)10(15)13-5-12-9/h5-7H,3-4H2,1-2H3,(H,16,17)(H,12,13,15). The molecule has 0 saturated carbocycles. The molecule has 1 fully saturated rings. The van der Waals surface area contributed by atoms with Crippen molar-refractivity contribution in [2.24, 2.45) is 11.8 Å². The lowest BCUT2D eigenvalue weighted by Gasteiger charge is -2.18. The van der Waals surface area contributed by atoms with E-state index in [4.69, 9.17) is 9.84 Å². The Labute approximate surface area is 103 Å². The Morgan fingerprint density at radius 3 is 2.89 bits per heavy atom. The fourth-order valence-electron chi connectivity index (χ4n) is 2.25. The van der Waals surface area contributed by atoms with Gasteiger partial charge < -0.3 is 19.7 Å². The molecule has 0 amide bonds. The summed E-state index contributed by atoms with van der Waals surface area (Å²) in [6, 6.07) is 0. The normalized spacial score (nSPS) is 23.1. The van der Waals surface area contributed by atoms with Crippen LogP contribution in [0, 0.1) is 11.8 Å². The molecule has 0 aromatic carbocycles. The lowest BCUT2D eigenvalue weighted by Crippen LogP contribution is -2.26. The van der Waals surface area contributed by atoms with Crippen molar-refractivity contribution in [3.8, 4) is 5.75 Å². The molecule has 1 saturated heterocycles. The average Bonchev–Trinajstić information content (AvgIpc) is 2.71. The molecule has 98 valence electrons. The second-order valence-electron chi connectivity index (χ2n) is 4.42. The van der Waals surface area contributed by atoms with E-state index in [1.54, 1.807) is 4.90 Å². The zero-order valence-corrected chi connectivity index (χ0v) is 10.2. The Hall–Kier alpha value is -2.05. The number of nitrogens with zero attached hydrogens (tertiary/aromatic N) is 2. The van der Waals surface area contributed by atoms with E-state index in [0.29, 0.717) is 18.9 Å². The van der Waals surface area contributed by atoms with Gasteiger partial charge in [0.05, 0.1) is 19.4 Å². The maximum Gasteiger partial charge on any atom is 0.308 e. The van der Waals surface area contributed by atoms with Crippen LogP contribution in [0.3, 0.4) is 0 Å². The smallest absolute Gasteiger partial charge is 0.308 e. The van der Waals surface area contributed by atoms with E-state index >= 15 is 0 Å². The number of ether oxygens (including phenoxy) is 1. The van der Waals surface area contributed by atoms with Crippen molar-refractivity contribution in [1.82, 2.24) is 9.97 Å². The van der Waals surface area contributed by atoms with Gasteiger partial charge in [0.25, 0.3) is 5.56 Å². The SMILES string of the molecule is COc1c(N2CC(C)C(C(=O)O)C2)nc[nH]c1=O. The molecule has 0 aliphatic carbocycles. The minimum absolute atomic E-state index is 0.00768. The summed E-state index contributed by atoms with van der Waals surface area (Å²) in [5.41, 5.74) is -0.367. The van der Waals surface area contributed by atoms with Gasteiger partial charge in [-0.3, -0.25) is 9.59 Å². The number of H-pyrrole nitrogens is 1. The summed E-state index contributed by atoms with van der Waals surface area (Å²) in [6.07, 6.45) is 1.29. The summed E-state index contributed by atoms with van der Waals surface area (Å²) in [5.74, 6) is -0.745. The number of methoxy groups -OCH3 is 1. The quantitative estimate of drug-likeness (QED) is 0.783. The van der Waals surface area contributed by atoms with Crippen molar-refractivity contribution in [2.45, 2.75) is 6.92 Å². The van der Waals surface area contributed by atoms with Crippen molar-refractivity contribution in [2.75, 3.05) is 25.1 Å². The highest BCUT2D eigenvalue weighted by molar-refractivity contribution is 5.72. The molecule has 0 bridgehead atoms. The molecule has 2 unspecified atom stereocenters. The Bertz CT molecular complexity index is 513. The molecule has 1 aliphatic rings. The van der Waals surface area contributed by atoms with E-state index in [1.165, 1.54) is 13.4 Å². The van der Waals surface area contributed by atoms with E-state index in [9.17, 15) is 9.59 Å². The van der Waals surface area contributed by atoms with Crippen molar-refractivity contribution >= 4 is 11.8 Å². The number of nitrogens with one attached hydrogen (secondary N) is 1. The monoisotopic (exact) mass is 253 g/mol. The van der Waals surface area contributed by atoms with E-state index in [-0.39, 0.29) is 17.2 Å². The number of aromatic nitrogens is 2. The minimum atomic E-state index is -0.825. The maximum absolute atomic E-state index is 11.6. The highest BCUT2D eigenvalue weighted by atomic mass is 16.5. The second-order valence-corrected chi connectivity index (χ2v) is 4.42. The average molecular weight is 253 g/mol. The van der Waals surface area contributed by atoms with Crippen molar-refractivity contribution in [3.63, 3.8) is 0 Å². The van der Waals surface area contributed by atoms with Crippen LogP contribution >= 0.6 is 0 Å². The van der Waals surface area contributed by atoms with Crippen molar-refractivity contribution < 1.29 is 14.6 Å². The molecule has 0 spiro atoms. The van der Waals surface area contributed by atoms with Gasteiger partial charge in [-0.1, -0.05) is 6.92 Å². The highest BCUT2D eigenvalue weighted by Gasteiger charge is 2.36. The Balaban J connectivity index is 2.32. The fourth-order valence-corrected chi connectivity index (χ4v) is 2.25. The number of aromatic amines is 1. The van der Waals surface area contributed by atoms with Crippen LogP contribution in [0.25, 0.3) is 0 Å². The van der Waals surface area contributed by atoms with Crippen molar-refractivity contribution in [3.05, 3.63) is 16.7 Å². The highest BCUT2D eigenvalue weighted by Crippen LogP contribution is 2.30. The first-order valence-electron chi connectivity index (χ1n) is 5.64. The summed E-state index contributed by atoms with van der Waals surface area (Å²) < 4.78 is 5.02. The van der Waals surface area contributed by atoms with Gasteiger partial charge in [-0.25, -0.2) is 4.98 Å². The van der Waals surface area contributed by atoms with Gasteiger partial charge in [0, 0.05) is 13.1 Å². The predicted octanol–water partition coefficient (Wildman–Crippen LogP) is -0.0646. The van der Waals surface area contributed by atoms with Crippen LogP contribution in [-0.2, 0) is 4.79 Å². The van der Waals surface area contributed by atoms with Crippen LogP contribution in [0.1, 0.15) is 6.92 Å². The van der Waals surface area contributed by atoms with E-state index in [2.05, 4.69) is 9.97 Å². The minimum Gasteiger partial charge on any atom is -0.489 e. The predicted molar refractivity (Wildman–Crippen MR) is 63.9 cm³/mol. The molecule has 2 atom stereocenters. The molecule has 1 aromatic heterocycles. The van der Waals surface area contributed by atoms with Crippen molar-refractivity contribution in [1.29, 1.82) is 0 Å². The Kier molecular flexibility index (Phi) is 3.22. The number of hydrogen-bond donors (Lipinski definition) is 2. The van der Waals surface area contributed by atoms with Gasteiger partial charge in [-0.15, -0.1) is 0 Å². The molecule has 2 rings (SSSR count). The number of carbonyl (C=O) groups is 1. The second kappa shape index (κ2) is 4.67. The van der Waals surface area contributed by atoms with Crippen LogP contribution < -0.4 is 15.2 Å². The summed E-state index contributed by atoms with van der Waals surface area (Å²) >= 11 is 0. The van der Waals surface area contributed by atoms with Crippen LogP contribution in [0.4, 0.5) is 5.82 Å². The lowest BCUT2D eigenvalue weighted by atomic mass is 9.99. The number of carboxylic acid groups (broad SMARTS) is 1. The summed E-state index contributed by atoms with van der Waals surface area (Å²) in [4.78, 5) is 30.9. The number of aliphatic carboxylic acids is 1. The summed E-state index contributed by atoms with van der Waals surface area (Å²) in [6.45, 7) is 2.76. The van der Waals surface area contributed by atoms with E-state index in [0.717, 1.165) is 0 Å². The lowest BCUT2D eigenvalue weighted by molar-refractivity contribution is -0.142. The summed E-state index contributed by atoms with van der Waals surface area (Å²) in [5, 5.41) is 9.08. The number of hydrogen-bond acceptors (Lipinski definition) is 5. The third-order valence-corrected chi connectivity index (χ3v) is 3.22. The van der Waals surface area contributed by atoms with Gasteiger partial charge in [-0.2, -0.15) is 0 Å². The van der Waals surface area contributed by atoms with Gasteiger partial charge in [0.1, 0.15) is 0 Å². The van der Waals surface area contributed by atoms with E-state index in [1.807, 2.05) is 6.92 Å². The largest absolute Gasteiger partial charge is 0.489 e. The first kappa shape index (κ1) is 12.4. The molecule has 2 heterocycles. The molecule has 0 radical (unpaired) electrons. The Morgan fingerprint density at radius 2 is 2.33 bits per heavy atom. The molecular weight excluding hydrogens is 238 g/mol. The first-order valence-corrected chi connectivity index (χ1v) is 5.64. The number of rotatable bonds is 3. The van der Waals surface area contributed by atoms with E-state index < -0.39 is 11.9 Å². The Morgan fingerprint density at radius 1 is 1.61 bits per heavy atom. The zero-order valence-electron chi connectivity index (χ0n) is 10.2. The van der Waals surface area contributed by atoms with Gasteiger partial charge in [-0.05, 0) is 5.92 Å². The third-order valence-electron chi connectivity index (χ3n) is 3.22. The zero-order chi connectivity index (χ0) is 13.3. The number of anilines is 1. The third kappa shape index (κ3) is 2.03. The van der Waals surface area contributed by atoms with Crippen LogP contribution in [0.15, 0.2) is 11.1 Å². The van der Waals surface area contributed by atoms with Gasteiger partial charge in [0.2, 0.25) is 5.75 Å². The van der Waals surface area contributed by atoms with Gasteiger partial charge in [0.15, 0.2) is 5.82 Å². The fraction of sp³-hybridized carbons (Fsp3) is 0.545. The molecule has 2 N–H and O–H groups in total. The van der Waals surface area contributed by atoms with Gasteiger partial charge >= 0.3 is 5.97 Å². The molecule has 7 nitrogen and oxygen atoms in total. The van der Waals surface area contributed by atoms with Crippen LogP contribution in [0.2, 0.25) is 0 Å². The molecule has 7 heteroatoms. The van der Waals surface area contributed by atoms with Crippen LogP contribution in [-0.4, -0.2) is 41.2 Å². The van der Waals surface area contributed by atoms with Crippen LogP contribution in [0.5, 0.6) is 5.75 Å². The molecule has 1 aromatic rings. The first-order chi connectivity index (χ1) is 8.54. The molecular formula is C11H15N3O4. The molecule has 1 aliphatic heterocycles.